The van der Waals surface area contributed by atoms with Crippen LogP contribution in [0.1, 0.15) is 81.8 Å². The number of rotatable bonds is 8. The number of hydrogen-bond acceptors (Lipinski definition) is 4. The largest absolute Gasteiger partial charge is 0.426 e. The van der Waals surface area contributed by atoms with Crippen molar-refractivity contribution in [1.29, 1.82) is 0 Å². The maximum atomic E-state index is 13.0. The van der Waals surface area contributed by atoms with Gasteiger partial charge in [0, 0.05) is 0 Å². The average Bonchev–Trinajstić information content (AvgIpc) is 3.13. The molecule has 1 aromatic rings. The van der Waals surface area contributed by atoms with E-state index < -0.39 is 52.6 Å². The van der Waals surface area contributed by atoms with E-state index in [0.29, 0.717) is 19.3 Å². The molecule has 4 rings (SSSR count). The first-order valence-corrected chi connectivity index (χ1v) is 14.9. The molecule has 3 aliphatic carbocycles. The second-order valence-corrected chi connectivity index (χ2v) is 13.0. The number of alkyl halides is 6. The summed E-state index contributed by atoms with van der Waals surface area (Å²) in [5.74, 6) is 0.130. The Bertz CT molecular complexity index is 1220. The number of allylic oxidation sites excluding steroid dienone is 2. The van der Waals surface area contributed by atoms with Gasteiger partial charge in [-0.05, 0) is 110 Å². The Hall–Kier alpha value is -1.83. The van der Waals surface area contributed by atoms with E-state index >= 15 is 0 Å². The van der Waals surface area contributed by atoms with Crippen molar-refractivity contribution in [3.05, 3.63) is 41.5 Å². The van der Waals surface area contributed by atoms with Crippen molar-refractivity contribution in [3.8, 4) is 0 Å². The molecule has 13 heteroatoms. The Labute approximate surface area is 229 Å². The van der Waals surface area contributed by atoms with Gasteiger partial charge in [0.2, 0.25) is 0 Å². The first-order chi connectivity index (χ1) is 18.3. The minimum atomic E-state index is -5.82. The molecule has 3 aliphatic rings. The van der Waals surface area contributed by atoms with Gasteiger partial charge in [0.05, 0.1) is 11.8 Å². The fourth-order valence-corrected chi connectivity index (χ4v) is 8.06. The van der Waals surface area contributed by atoms with Crippen molar-refractivity contribution in [3.63, 3.8) is 0 Å². The highest BCUT2D eigenvalue weighted by Gasteiger charge is 2.69. The fraction of sp³-hybridized carbons (Fsp3) is 0.704. The van der Waals surface area contributed by atoms with E-state index in [1.54, 1.807) is 12.1 Å². The van der Waals surface area contributed by atoms with E-state index in [1.807, 2.05) is 18.2 Å². The number of halogens is 6. The first-order valence-electron chi connectivity index (χ1n) is 13.4. The van der Waals surface area contributed by atoms with Crippen LogP contribution in [-0.4, -0.2) is 47.2 Å². The van der Waals surface area contributed by atoms with E-state index in [0.717, 1.165) is 30.4 Å². The molecule has 0 aliphatic heterocycles. The van der Waals surface area contributed by atoms with Gasteiger partial charge in [-0.3, -0.25) is 9.27 Å². The van der Waals surface area contributed by atoms with Gasteiger partial charge in [-0.1, -0.05) is 25.1 Å². The van der Waals surface area contributed by atoms with Crippen LogP contribution in [-0.2, 0) is 16.7 Å². The zero-order valence-electron chi connectivity index (χ0n) is 22.0. The Kier molecular flexibility index (Phi) is 8.14. The standard InChI is InChI=1S/C27H35F6NO5S/c1-23-14-11-20-19-7-6-18(34-40(37,38)39)16-17(19)10-15-24(20,21(23)8-9-22(23)35)12-4-2-3-5-13-25(36,26(28,29)30)27(31,32)33/h4,6-7,12,16,20-22,34-36H,2-3,5,8-11,13-15H2,1H3,(H,37,38,39)/t20?,21?,22-,23-,24?/m0/s1. The lowest BCUT2D eigenvalue weighted by Crippen LogP contribution is -2.56. The summed E-state index contributed by atoms with van der Waals surface area (Å²) < 4.78 is 112. The minimum absolute atomic E-state index is 0.0243. The van der Waals surface area contributed by atoms with Gasteiger partial charge in [0.1, 0.15) is 0 Å². The van der Waals surface area contributed by atoms with Crippen LogP contribution in [0.4, 0.5) is 32.0 Å². The van der Waals surface area contributed by atoms with Gasteiger partial charge in [-0.2, -0.15) is 34.8 Å². The molecular formula is C27H35F6NO5S. The predicted molar refractivity (Wildman–Crippen MR) is 136 cm³/mol. The third-order valence-corrected chi connectivity index (χ3v) is 10.2. The molecule has 40 heavy (non-hydrogen) atoms. The molecule has 0 heterocycles. The molecule has 0 spiro atoms. The van der Waals surface area contributed by atoms with Gasteiger partial charge in [0.25, 0.3) is 5.60 Å². The van der Waals surface area contributed by atoms with E-state index in [9.17, 15) is 45.0 Å². The number of nitrogens with one attached hydrogen (secondary N) is 1. The van der Waals surface area contributed by atoms with Crippen LogP contribution in [0.3, 0.4) is 0 Å². The van der Waals surface area contributed by atoms with Crippen molar-refractivity contribution in [1.82, 2.24) is 0 Å². The van der Waals surface area contributed by atoms with Crippen LogP contribution in [0.15, 0.2) is 30.4 Å². The van der Waals surface area contributed by atoms with Crippen LogP contribution < -0.4 is 4.72 Å². The van der Waals surface area contributed by atoms with E-state index in [-0.39, 0.29) is 35.8 Å². The van der Waals surface area contributed by atoms with E-state index in [4.69, 9.17) is 4.55 Å². The summed E-state index contributed by atoms with van der Waals surface area (Å²) >= 11 is 0. The highest BCUT2D eigenvalue weighted by atomic mass is 32.2. The van der Waals surface area contributed by atoms with E-state index in [1.165, 1.54) is 0 Å². The number of benzene rings is 1. The third-order valence-electron chi connectivity index (χ3n) is 9.67. The van der Waals surface area contributed by atoms with Gasteiger partial charge in [-0.25, -0.2) is 0 Å². The van der Waals surface area contributed by atoms with Crippen molar-refractivity contribution >= 4 is 16.0 Å². The lowest BCUT2D eigenvalue weighted by Gasteiger charge is -2.57. The summed E-state index contributed by atoms with van der Waals surface area (Å²) in [4.78, 5) is 0. The summed E-state index contributed by atoms with van der Waals surface area (Å²) in [6, 6.07) is 5.10. The van der Waals surface area contributed by atoms with Crippen LogP contribution in [0.25, 0.3) is 0 Å². The molecule has 0 radical (unpaired) electrons. The number of hydrogen-bond donors (Lipinski definition) is 4. The van der Waals surface area contributed by atoms with Crippen molar-refractivity contribution in [2.24, 2.45) is 16.7 Å². The Morgan fingerprint density at radius 1 is 1.05 bits per heavy atom. The topological polar surface area (TPSA) is 107 Å². The number of unbranched alkanes of at least 4 members (excludes halogenated alkanes) is 2. The zero-order valence-corrected chi connectivity index (χ0v) is 22.8. The van der Waals surface area contributed by atoms with Gasteiger partial charge in [0.15, 0.2) is 0 Å². The Balaban J connectivity index is 1.55. The number of fused-ring (bicyclic) bond motifs is 5. The summed E-state index contributed by atoms with van der Waals surface area (Å²) in [5, 5.41) is 20.2. The molecule has 6 nitrogen and oxygen atoms in total. The van der Waals surface area contributed by atoms with Gasteiger partial charge >= 0.3 is 22.7 Å². The molecule has 0 amide bonds. The molecule has 1 aromatic carbocycles. The van der Waals surface area contributed by atoms with Crippen LogP contribution in [0, 0.1) is 16.7 Å². The number of aryl methyl sites for hydroxylation is 1. The van der Waals surface area contributed by atoms with Crippen LogP contribution in [0.2, 0.25) is 0 Å². The first kappa shape index (κ1) is 31.1. The summed E-state index contributed by atoms with van der Waals surface area (Å²) in [6.45, 7) is 2.07. The zero-order chi connectivity index (χ0) is 29.8. The normalized spacial score (nSPS) is 31.1. The minimum Gasteiger partial charge on any atom is -0.393 e. The second-order valence-electron chi connectivity index (χ2n) is 11.8. The Morgan fingerprint density at radius 2 is 1.73 bits per heavy atom. The van der Waals surface area contributed by atoms with Gasteiger partial charge < -0.3 is 10.2 Å². The summed E-state index contributed by atoms with van der Waals surface area (Å²) in [7, 11) is -4.44. The van der Waals surface area contributed by atoms with Crippen LogP contribution in [0.5, 0.6) is 0 Å². The maximum Gasteiger partial charge on any atom is 0.426 e. The SMILES string of the molecule is C[C@]12CCC3c4ccc(NS(=O)(=O)O)cc4CCC3(C=CCCCCC(O)(C(F)(F)F)C(F)(F)F)C1CC[C@@H]2O. The third kappa shape index (κ3) is 5.50. The smallest absolute Gasteiger partial charge is 0.393 e. The lowest BCUT2D eigenvalue weighted by molar-refractivity contribution is -0.370. The number of aliphatic hydroxyl groups excluding tert-OH is 1. The predicted octanol–water partition coefficient (Wildman–Crippen LogP) is 6.46. The highest BCUT2D eigenvalue weighted by Crippen LogP contribution is 2.67. The summed E-state index contributed by atoms with van der Waals surface area (Å²) in [6.07, 6.45) is -5.75. The van der Waals surface area contributed by atoms with E-state index in [2.05, 4.69) is 11.6 Å². The van der Waals surface area contributed by atoms with Crippen molar-refractivity contribution in [2.75, 3.05) is 4.72 Å². The van der Waals surface area contributed by atoms with Crippen molar-refractivity contribution < 1.29 is 49.5 Å². The monoisotopic (exact) mass is 599 g/mol. The molecule has 4 N–H and O–H groups in total. The second kappa shape index (κ2) is 10.5. The molecule has 5 atom stereocenters. The van der Waals surface area contributed by atoms with Crippen molar-refractivity contribution in [2.45, 2.75) is 101 Å². The molecule has 2 fully saturated rings. The number of aliphatic hydroxyl groups is 2. The van der Waals surface area contributed by atoms with Gasteiger partial charge in [-0.15, -0.1) is 0 Å². The molecule has 0 aromatic heterocycles. The fourth-order valence-electron chi connectivity index (χ4n) is 7.63. The molecule has 2 saturated carbocycles. The average molecular weight is 600 g/mol. The number of anilines is 1. The Morgan fingerprint density at radius 3 is 2.35 bits per heavy atom. The molecule has 3 unspecified atom stereocenters. The maximum absolute atomic E-state index is 13.0. The molecular weight excluding hydrogens is 564 g/mol. The highest BCUT2D eigenvalue weighted by molar-refractivity contribution is 7.87. The quantitative estimate of drug-likeness (QED) is 0.119. The molecule has 226 valence electrons. The molecule has 0 saturated heterocycles. The summed E-state index contributed by atoms with van der Waals surface area (Å²) in [5.41, 5.74) is -3.27. The van der Waals surface area contributed by atoms with Crippen LogP contribution >= 0.6 is 0 Å². The lowest BCUT2D eigenvalue weighted by atomic mass is 9.47. The molecule has 0 bridgehead atoms.